The van der Waals surface area contributed by atoms with E-state index in [0.29, 0.717) is 16.8 Å². The molecule has 0 radical (unpaired) electrons. The summed E-state index contributed by atoms with van der Waals surface area (Å²) in [6.45, 7) is 5.45. The quantitative estimate of drug-likeness (QED) is 0.353. The van der Waals surface area contributed by atoms with Gasteiger partial charge in [0.1, 0.15) is 6.54 Å². The minimum Gasteiger partial charge on any atom is -0.325 e. The molecule has 0 spiro atoms. The van der Waals surface area contributed by atoms with E-state index in [1.807, 2.05) is 45.0 Å². The number of nitrogens with one attached hydrogen (secondary N) is 1. The van der Waals surface area contributed by atoms with Crippen molar-refractivity contribution in [2.24, 2.45) is 17.8 Å². The molecule has 204 valence electrons. The van der Waals surface area contributed by atoms with Crippen LogP contribution in [0.3, 0.4) is 0 Å². The molecule has 0 aliphatic heterocycles. The Morgan fingerprint density at radius 2 is 1.44 bits per heavy atom. The molecule has 1 N–H and O–H groups in total. The van der Waals surface area contributed by atoms with Crippen molar-refractivity contribution in [3.63, 3.8) is 0 Å². The van der Waals surface area contributed by atoms with Crippen LogP contribution < -0.4 is 9.62 Å². The van der Waals surface area contributed by atoms with Crippen LogP contribution in [0.25, 0.3) is 0 Å². The standard InChI is InChI=1S/C33H38N2O3S/c1-22-7-13-30(14-8-22)39(37,38)35(31-6-4-5-23(2)24(31)3)21-32(36)34-29-11-9-28(10-12-29)33-18-25-15-26(19-33)17-27(16-25)20-33/h4-14,25-27H,15-21H2,1-3H3,(H,34,36). The molecule has 6 heteroatoms. The van der Waals surface area contributed by atoms with Gasteiger partial charge in [-0.1, -0.05) is 42.0 Å². The molecule has 1 amide bonds. The van der Waals surface area contributed by atoms with Gasteiger partial charge in [-0.15, -0.1) is 0 Å². The fourth-order valence-corrected chi connectivity index (χ4v) is 9.32. The molecule has 7 rings (SSSR count). The van der Waals surface area contributed by atoms with E-state index in [0.717, 1.165) is 34.4 Å². The largest absolute Gasteiger partial charge is 0.325 e. The van der Waals surface area contributed by atoms with E-state index < -0.39 is 10.0 Å². The number of rotatable bonds is 7. The second-order valence-corrected chi connectivity index (χ2v) is 14.2. The highest BCUT2D eigenvalue weighted by atomic mass is 32.2. The van der Waals surface area contributed by atoms with Crippen LogP contribution in [0, 0.1) is 38.5 Å². The molecule has 0 aromatic heterocycles. The number of benzene rings is 3. The molecule has 4 fully saturated rings. The maximum Gasteiger partial charge on any atom is 0.264 e. The molecule has 0 unspecified atom stereocenters. The molecule has 3 aromatic carbocycles. The smallest absolute Gasteiger partial charge is 0.264 e. The molecular formula is C33H38N2O3S. The van der Waals surface area contributed by atoms with E-state index in [1.165, 1.54) is 48.4 Å². The van der Waals surface area contributed by atoms with Crippen LogP contribution in [0.5, 0.6) is 0 Å². The van der Waals surface area contributed by atoms with Crippen LogP contribution in [0.2, 0.25) is 0 Å². The Bertz CT molecular complexity index is 1460. The minimum atomic E-state index is -3.96. The van der Waals surface area contributed by atoms with Gasteiger partial charge in [0.25, 0.3) is 10.0 Å². The summed E-state index contributed by atoms with van der Waals surface area (Å²) in [7, 11) is -3.96. The van der Waals surface area contributed by atoms with Crippen LogP contribution in [0.4, 0.5) is 11.4 Å². The van der Waals surface area contributed by atoms with Gasteiger partial charge in [-0.05, 0) is 129 Å². The fraction of sp³-hybridized carbons (Fsp3) is 0.424. The Morgan fingerprint density at radius 3 is 2.03 bits per heavy atom. The summed E-state index contributed by atoms with van der Waals surface area (Å²) in [6, 6.07) is 20.7. The van der Waals surface area contributed by atoms with Crippen molar-refractivity contribution in [2.45, 2.75) is 69.6 Å². The van der Waals surface area contributed by atoms with Crippen molar-refractivity contribution in [1.82, 2.24) is 0 Å². The molecule has 4 bridgehead atoms. The summed E-state index contributed by atoms with van der Waals surface area (Å²) >= 11 is 0. The lowest BCUT2D eigenvalue weighted by molar-refractivity contribution is -0.114. The number of hydrogen-bond donors (Lipinski definition) is 1. The molecule has 4 saturated carbocycles. The third-order valence-corrected chi connectivity index (χ3v) is 11.3. The number of hydrogen-bond acceptors (Lipinski definition) is 3. The Hall–Kier alpha value is -3.12. The Kier molecular flexibility index (Phi) is 6.57. The maximum atomic E-state index is 13.8. The summed E-state index contributed by atoms with van der Waals surface area (Å²) in [5.74, 6) is 2.26. The van der Waals surface area contributed by atoms with Gasteiger partial charge in [0, 0.05) is 5.69 Å². The molecule has 39 heavy (non-hydrogen) atoms. The highest BCUT2D eigenvalue weighted by Crippen LogP contribution is 2.60. The predicted octanol–water partition coefficient (Wildman–Crippen LogP) is 6.91. The van der Waals surface area contributed by atoms with Crippen LogP contribution in [0.1, 0.15) is 60.8 Å². The van der Waals surface area contributed by atoms with E-state index in [9.17, 15) is 13.2 Å². The lowest BCUT2D eigenvalue weighted by atomic mass is 9.48. The highest BCUT2D eigenvalue weighted by Gasteiger charge is 2.51. The van der Waals surface area contributed by atoms with Gasteiger partial charge >= 0.3 is 0 Å². The van der Waals surface area contributed by atoms with Gasteiger partial charge < -0.3 is 5.32 Å². The molecule has 4 aliphatic rings. The predicted molar refractivity (Wildman–Crippen MR) is 157 cm³/mol. The van der Waals surface area contributed by atoms with Gasteiger partial charge in [-0.3, -0.25) is 9.10 Å². The summed E-state index contributed by atoms with van der Waals surface area (Å²) in [5, 5.41) is 2.96. The van der Waals surface area contributed by atoms with E-state index in [4.69, 9.17) is 0 Å². The van der Waals surface area contributed by atoms with Crippen LogP contribution >= 0.6 is 0 Å². The number of anilines is 2. The number of sulfonamides is 1. The molecule has 0 atom stereocenters. The van der Waals surface area contributed by atoms with Crippen molar-refractivity contribution in [3.8, 4) is 0 Å². The normalized spacial score (nSPS) is 25.5. The number of carbonyl (C=O) groups excluding carboxylic acids is 1. The van der Waals surface area contributed by atoms with Gasteiger partial charge in [-0.2, -0.15) is 0 Å². The van der Waals surface area contributed by atoms with E-state index in [2.05, 4.69) is 17.4 Å². The zero-order valence-electron chi connectivity index (χ0n) is 23.1. The van der Waals surface area contributed by atoms with Crippen molar-refractivity contribution < 1.29 is 13.2 Å². The molecule has 0 saturated heterocycles. The van der Waals surface area contributed by atoms with E-state index >= 15 is 0 Å². The topological polar surface area (TPSA) is 66.5 Å². The van der Waals surface area contributed by atoms with Crippen LogP contribution in [0.15, 0.2) is 71.6 Å². The molecular weight excluding hydrogens is 504 g/mol. The third-order valence-electron chi connectivity index (χ3n) is 9.56. The zero-order chi connectivity index (χ0) is 27.4. The van der Waals surface area contributed by atoms with Crippen molar-refractivity contribution in [2.75, 3.05) is 16.2 Å². The van der Waals surface area contributed by atoms with E-state index in [1.54, 1.807) is 30.3 Å². The van der Waals surface area contributed by atoms with Crippen LogP contribution in [-0.4, -0.2) is 20.9 Å². The zero-order valence-corrected chi connectivity index (χ0v) is 23.9. The number of aryl methyl sites for hydroxylation is 2. The lowest BCUT2D eigenvalue weighted by Crippen LogP contribution is -2.48. The van der Waals surface area contributed by atoms with Gasteiger partial charge in [0.2, 0.25) is 5.91 Å². The SMILES string of the molecule is Cc1ccc(S(=O)(=O)N(CC(=O)Nc2ccc(C34CC5CC(CC(C5)C3)C4)cc2)c2cccc(C)c2C)cc1. The van der Waals surface area contributed by atoms with Crippen LogP contribution in [-0.2, 0) is 20.2 Å². The fourth-order valence-electron chi connectivity index (χ4n) is 7.85. The Balaban J connectivity index is 1.23. The van der Waals surface area contributed by atoms with Gasteiger partial charge in [0.15, 0.2) is 0 Å². The lowest BCUT2D eigenvalue weighted by Gasteiger charge is -2.57. The Labute approximate surface area is 232 Å². The first-order valence-corrected chi connectivity index (χ1v) is 15.6. The van der Waals surface area contributed by atoms with Crippen molar-refractivity contribution in [3.05, 3.63) is 89.0 Å². The second kappa shape index (κ2) is 9.81. The summed E-state index contributed by atoms with van der Waals surface area (Å²) < 4.78 is 28.8. The number of nitrogens with zero attached hydrogens (tertiary/aromatic N) is 1. The first-order valence-electron chi connectivity index (χ1n) is 14.2. The number of amides is 1. The van der Waals surface area contributed by atoms with Gasteiger partial charge in [0.05, 0.1) is 10.6 Å². The maximum absolute atomic E-state index is 13.8. The molecule has 5 nitrogen and oxygen atoms in total. The van der Waals surface area contributed by atoms with Crippen molar-refractivity contribution >= 4 is 27.3 Å². The molecule has 0 heterocycles. The number of carbonyl (C=O) groups is 1. The highest BCUT2D eigenvalue weighted by molar-refractivity contribution is 7.92. The average Bonchev–Trinajstić information content (AvgIpc) is 2.89. The van der Waals surface area contributed by atoms with Crippen molar-refractivity contribution in [1.29, 1.82) is 0 Å². The first kappa shape index (κ1) is 26.1. The summed E-state index contributed by atoms with van der Waals surface area (Å²) in [5.41, 5.74) is 5.70. The third kappa shape index (κ3) is 4.88. The Morgan fingerprint density at radius 1 is 0.846 bits per heavy atom. The first-order chi connectivity index (χ1) is 18.6. The monoisotopic (exact) mass is 542 g/mol. The van der Waals surface area contributed by atoms with E-state index in [-0.39, 0.29) is 17.3 Å². The molecule has 3 aromatic rings. The summed E-state index contributed by atoms with van der Waals surface area (Å²) in [6.07, 6.45) is 8.13. The van der Waals surface area contributed by atoms with Gasteiger partial charge in [-0.25, -0.2) is 8.42 Å². The second-order valence-electron chi connectivity index (χ2n) is 12.4. The summed E-state index contributed by atoms with van der Waals surface area (Å²) in [4.78, 5) is 13.5. The average molecular weight is 543 g/mol. The minimum absolute atomic E-state index is 0.168. The molecule has 4 aliphatic carbocycles.